The Morgan fingerprint density at radius 2 is 1.44 bits per heavy atom. The zero-order valence-electron chi connectivity index (χ0n) is 26.1. The second-order valence-corrected chi connectivity index (χ2v) is 14.4. The summed E-state index contributed by atoms with van der Waals surface area (Å²) < 4.78 is 30.2. The molecule has 0 saturated heterocycles. The summed E-state index contributed by atoms with van der Waals surface area (Å²) in [5.74, 6) is -0.567. The molecule has 7 nitrogen and oxygen atoms in total. The molecule has 0 spiro atoms. The third-order valence-electron chi connectivity index (χ3n) is 7.56. The van der Waals surface area contributed by atoms with Crippen LogP contribution in [0.2, 0.25) is 0 Å². The first-order chi connectivity index (χ1) is 21.5. The number of aryl methyl sites for hydroxylation is 2. The van der Waals surface area contributed by atoms with Gasteiger partial charge in [-0.05, 0) is 72.9 Å². The van der Waals surface area contributed by atoms with E-state index in [-0.39, 0.29) is 29.7 Å². The second-order valence-electron chi connectivity index (χ2n) is 11.6. The molecule has 0 aliphatic rings. The Kier molecular flexibility index (Phi) is 11.6. The molecular formula is C36H40BrN3O4S. The molecule has 9 heteroatoms. The maximum absolute atomic E-state index is 14.5. The molecule has 0 unspecified atom stereocenters. The van der Waals surface area contributed by atoms with Crippen molar-refractivity contribution in [2.75, 3.05) is 17.4 Å². The highest BCUT2D eigenvalue weighted by Crippen LogP contribution is 2.27. The van der Waals surface area contributed by atoms with Crippen molar-refractivity contribution >= 4 is 43.5 Å². The fraction of sp³-hybridized carbons (Fsp3) is 0.278. The average Bonchev–Trinajstić information content (AvgIpc) is 3.02. The first kappa shape index (κ1) is 33.9. The predicted octanol–water partition coefficient (Wildman–Crippen LogP) is 6.67. The Hall–Kier alpha value is -3.95. The fourth-order valence-corrected chi connectivity index (χ4v) is 6.60. The number of nitrogens with one attached hydrogen (secondary N) is 1. The van der Waals surface area contributed by atoms with Crippen molar-refractivity contribution in [3.63, 3.8) is 0 Å². The first-order valence-electron chi connectivity index (χ1n) is 15.0. The van der Waals surface area contributed by atoms with Gasteiger partial charge in [0.05, 0.1) is 10.6 Å². The largest absolute Gasteiger partial charge is 0.354 e. The number of nitrogens with zero attached hydrogens (tertiary/aromatic N) is 2. The van der Waals surface area contributed by atoms with Crippen LogP contribution in [0.4, 0.5) is 5.69 Å². The number of amides is 2. The molecule has 4 aromatic carbocycles. The van der Waals surface area contributed by atoms with Crippen LogP contribution in [0.1, 0.15) is 36.1 Å². The van der Waals surface area contributed by atoms with Gasteiger partial charge < -0.3 is 10.2 Å². The summed E-state index contributed by atoms with van der Waals surface area (Å²) in [5.41, 5.74) is 3.99. The van der Waals surface area contributed by atoms with Gasteiger partial charge in [-0.1, -0.05) is 102 Å². The number of hydrogen-bond donors (Lipinski definition) is 1. The van der Waals surface area contributed by atoms with Crippen molar-refractivity contribution in [3.05, 3.63) is 130 Å². The van der Waals surface area contributed by atoms with Crippen LogP contribution in [-0.4, -0.2) is 44.3 Å². The van der Waals surface area contributed by atoms with Gasteiger partial charge in [0.1, 0.15) is 12.6 Å². The lowest BCUT2D eigenvalue weighted by Gasteiger charge is -2.34. The predicted molar refractivity (Wildman–Crippen MR) is 183 cm³/mol. The molecule has 1 atom stereocenters. The van der Waals surface area contributed by atoms with Crippen molar-refractivity contribution < 1.29 is 18.0 Å². The van der Waals surface area contributed by atoms with E-state index in [1.165, 1.54) is 4.90 Å². The third kappa shape index (κ3) is 9.05. The SMILES string of the molecule is Cc1ccc(S(=O)(=O)N(CC(=O)N(Cc2ccccc2C)[C@H](Cc2ccccc2)C(=O)NCC(C)C)c2ccc(Br)cc2)cc1. The van der Waals surface area contributed by atoms with Crippen molar-refractivity contribution in [1.82, 2.24) is 10.2 Å². The molecule has 0 aliphatic carbocycles. The molecule has 0 heterocycles. The van der Waals surface area contributed by atoms with Gasteiger partial charge in [-0.2, -0.15) is 0 Å². The number of sulfonamides is 1. The number of anilines is 1. The Bertz CT molecular complexity index is 1690. The van der Waals surface area contributed by atoms with Crippen molar-refractivity contribution in [1.29, 1.82) is 0 Å². The van der Waals surface area contributed by atoms with E-state index in [2.05, 4.69) is 21.2 Å². The lowest BCUT2D eigenvalue weighted by atomic mass is 10.0. The zero-order valence-corrected chi connectivity index (χ0v) is 28.5. The van der Waals surface area contributed by atoms with Gasteiger partial charge in [0.25, 0.3) is 10.0 Å². The van der Waals surface area contributed by atoms with Gasteiger partial charge in [-0.3, -0.25) is 13.9 Å². The van der Waals surface area contributed by atoms with E-state index < -0.39 is 28.5 Å². The Morgan fingerprint density at radius 3 is 2.07 bits per heavy atom. The molecule has 0 bridgehead atoms. The summed E-state index contributed by atoms with van der Waals surface area (Å²) >= 11 is 3.42. The molecule has 0 aromatic heterocycles. The monoisotopic (exact) mass is 689 g/mol. The molecule has 1 N–H and O–H groups in total. The van der Waals surface area contributed by atoms with Gasteiger partial charge in [-0.25, -0.2) is 8.42 Å². The highest BCUT2D eigenvalue weighted by atomic mass is 79.9. The van der Waals surface area contributed by atoms with Crippen LogP contribution in [-0.2, 0) is 32.6 Å². The number of halogens is 1. The van der Waals surface area contributed by atoms with E-state index in [0.717, 1.165) is 31.0 Å². The highest BCUT2D eigenvalue weighted by molar-refractivity contribution is 9.10. The fourth-order valence-electron chi connectivity index (χ4n) is 4.92. The number of rotatable bonds is 13. The van der Waals surface area contributed by atoms with Crippen molar-refractivity contribution in [2.45, 2.75) is 51.6 Å². The maximum Gasteiger partial charge on any atom is 0.264 e. The normalized spacial score (nSPS) is 12.0. The number of benzene rings is 4. The van der Waals surface area contributed by atoms with Crippen LogP contribution in [0, 0.1) is 19.8 Å². The second kappa shape index (κ2) is 15.4. The standard InChI is InChI=1S/C36H40BrN3O4S/c1-26(2)23-38-36(42)34(22-29-11-6-5-7-12-29)39(24-30-13-9-8-10-28(30)4)35(41)25-40(32-18-16-31(37)17-19-32)45(43,44)33-20-14-27(3)15-21-33/h5-21,26,34H,22-25H2,1-4H3,(H,38,42)/t34-/m1/s1. The van der Waals surface area contributed by atoms with E-state index in [0.29, 0.717) is 12.2 Å². The van der Waals surface area contributed by atoms with Gasteiger partial charge >= 0.3 is 0 Å². The minimum Gasteiger partial charge on any atom is -0.354 e. The Balaban J connectivity index is 1.80. The van der Waals surface area contributed by atoms with Crippen LogP contribution in [0.15, 0.2) is 112 Å². The molecule has 0 radical (unpaired) electrons. The minimum atomic E-state index is -4.15. The summed E-state index contributed by atoms with van der Waals surface area (Å²) in [6.07, 6.45) is 0.269. The van der Waals surface area contributed by atoms with Gasteiger partial charge in [0, 0.05) is 24.0 Å². The molecule has 0 fully saturated rings. The average molecular weight is 691 g/mol. The van der Waals surface area contributed by atoms with Crippen LogP contribution in [0.5, 0.6) is 0 Å². The lowest BCUT2D eigenvalue weighted by molar-refractivity contribution is -0.140. The number of carbonyl (C=O) groups is 2. The third-order valence-corrected chi connectivity index (χ3v) is 9.88. The zero-order chi connectivity index (χ0) is 32.6. The molecule has 45 heavy (non-hydrogen) atoms. The highest BCUT2D eigenvalue weighted by Gasteiger charge is 2.34. The maximum atomic E-state index is 14.5. The van der Waals surface area contributed by atoms with E-state index in [1.807, 2.05) is 82.3 Å². The van der Waals surface area contributed by atoms with Crippen LogP contribution < -0.4 is 9.62 Å². The molecule has 236 valence electrons. The summed E-state index contributed by atoms with van der Waals surface area (Å²) in [6.45, 7) is 7.95. The lowest BCUT2D eigenvalue weighted by Crippen LogP contribution is -2.53. The van der Waals surface area contributed by atoms with E-state index in [1.54, 1.807) is 48.5 Å². The molecule has 2 amide bonds. The van der Waals surface area contributed by atoms with Gasteiger partial charge in [0.15, 0.2) is 0 Å². The number of carbonyl (C=O) groups excluding carboxylic acids is 2. The molecular weight excluding hydrogens is 650 g/mol. The summed E-state index contributed by atoms with van der Waals surface area (Å²) in [7, 11) is -4.15. The van der Waals surface area contributed by atoms with Crippen LogP contribution in [0.25, 0.3) is 0 Å². The smallest absolute Gasteiger partial charge is 0.264 e. The van der Waals surface area contributed by atoms with Crippen LogP contribution >= 0.6 is 15.9 Å². The quantitative estimate of drug-likeness (QED) is 0.170. The van der Waals surface area contributed by atoms with Gasteiger partial charge in [0.2, 0.25) is 11.8 Å². The summed E-state index contributed by atoms with van der Waals surface area (Å²) in [5, 5.41) is 3.02. The minimum absolute atomic E-state index is 0.0739. The molecule has 0 aliphatic heterocycles. The number of hydrogen-bond acceptors (Lipinski definition) is 4. The Labute approximate surface area is 275 Å². The Morgan fingerprint density at radius 1 is 0.822 bits per heavy atom. The van der Waals surface area contributed by atoms with Crippen molar-refractivity contribution in [2.24, 2.45) is 5.92 Å². The van der Waals surface area contributed by atoms with Crippen molar-refractivity contribution in [3.8, 4) is 0 Å². The summed E-state index contributed by atoms with van der Waals surface area (Å²) in [4.78, 5) is 30.0. The van der Waals surface area contributed by atoms with Crippen LogP contribution in [0.3, 0.4) is 0 Å². The summed E-state index contributed by atoms with van der Waals surface area (Å²) in [6, 6.07) is 29.7. The van der Waals surface area contributed by atoms with E-state index >= 15 is 0 Å². The van der Waals surface area contributed by atoms with Gasteiger partial charge in [-0.15, -0.1) is 0 Å². The molecule has 4 rings (SSSR count). The molecule has 4 aromatic rings. The topological polar surface area (TPSA) is 86.8 Å². The van der Waals surface area contributed by atoms with E-state index in [4.69, 9.17) is 0 Å². The molecule has 0 saturated carbocycles. The first-order valence-corrected chi connectivity index (χ1v) is 17.2. The van der Waals surface area contributed by atoms with E-state index in [9.17, 15) is 18.0 Å².